The van der Waals surface area contributed by atoms with Crippen LogP contribution < -0.4 is 20.6 Å². The number of furan rings is 1. The van der Waals surface area contributed by atoms with E-state index in [2.05, 4.69) is 0 Å². The van der Waals surface area contributed by atoms with E-state index in [-0.39, 0.29) is 33.6 Å². The molecule has 0 spiro atoms. The number of primary amides is 1. The van der Waals surface area contributed by atoms with Crippen molar-refractivity contribution < 1.29 is 23.1 Å². The second-order valence-corrected chi connectivity index (χ2v) is 4.99. The fourth-order valence-electron chi connectivity index (χ4n) is 2.57. The van der Waals surface area contributed by atoms with E-state index in [1.807, 2.05) is 0 Å². The molecular weight excluding hydrogens is 328 g/mol. The Labute approximate surface area is 140 Å². The van der Waals surface area contributed by atoms with Gasteiger partial charge in [0, 0.05) is 0 Å². The zero-order chi connectivity index (χ0) is 18.1. The summed E-state index contributed by atoms with van der Waals surface area (Å²) in [6.45, 7) is 0. The normalized spacial score (nSPS) is 11.5. The van der Waals surface area contributed by atoms with E-state index in [0.29, 0.717) is 11.0 Å². The summed E-state index contributed by atoms with van der Waals surface area (Å²) >= 11 is 0. The molecule has 0 bridgehead atoms. The van der Waals surface area contributed by atoms with Crippen molar-refractivity contribution in [3.05, 3.63) is 40.0 Å². The van der Waals surface area contributed by atoms with E-state index in [9.17, 15) is 9.59 Å². The number of ether oxygens (including phenoxy) is 2. The van der Waals surface area contributed by atoms with Crippen LogP contribution in [0.3, 0.4) is 0 Å². The van der Waals surface area contributed by atoms with Crippen LogP contribution >= 0.6 is 0 Å². The minimum absolute atomic E-state index is 0.0222. The smallest absolute Gasteiger partial charge is 0.259 e. The Bertz CT molecular complexity index is 1130. The van der Waals surface area contributed by atoms with Crippen LogP contribution in [0.4, 0.5) is 0 Å². The van der Waals surface area contributed by atoms with E-state index in [0.717, 1.165) is 12.3 Å². The summed E-state index contributed by atoms with van der Waals surface area (Å²) in [5, 5.41) is 9.57. The molecule has 0 atom stereocenters. The third-order valence-electron chi connectivity index (χ3n) is 3.66. The zero-order valence-corrected chi connectivity index (χ0v) is 13.3. The van der Waals surface area contributed by atoms with Gasteiger partial charge >= 0.3 is 0 Å². The first-order chi connectivity index (χ1) is 12.0. The number of carbonyl (C=O) groups excluding carboxylic acids is 1. The standard InChI is InChI=1S/C17H12N2O6/c1-22-13-10-3-4-24-14(10)16(23-2)15-11(13)12(20)9(7-25-15)5-8(6-18)17(19)21/h3-5,7H,1-2H3,(H2,19,21). The predicted molar refractivity (Wildman–Crippen MR) is 88.1 cm³/mol. The van der Waals surface area contributed by atoms with Crippen molar-refractivity contribution in [3.63, 3.8) is 0 Å². The molecule has 0 aliphatic rings. The van der Waals surface area contributed by atoms with E-state index >= 15 is 0 Å². The van der Waals surface area contributed by atoms with Gasteiger partial charge in [-0.2, -0.15) is 5.26 Å². The lowest BCUT2D eigenvalue weighted by Crippen LogP contribution is -2.14. The molecule has 0 aliphatic heterocycles. The Balaban J connectivity index is 2.47. The Kier molecular flexibility index (Phi) is 3.91. The largest absolute Gasteiger partial charge is 0.495 e. The molecule has 0 fully saturated rings. The van der Waals surface area contributed by atoms with Gasteiger partial charge in [0.2, 0.25) is 11.2 Å². The third kappa shape index (κ3) is 2.38. The lowest BCUT2D eigenvalue weighted by molar-refractivity contribution is -0.114. The number of hydrogen-bond donors (Lipinski definition) is 1. The molecule has 0 saturated heterocycles. The summed E-state index contributed by atoms with van der Waals surface area (Å²) in [6.07, 6.45) is 3.61. The number of benzene rings is 1. The summed E-state index contributed by atoms with van der Waals surface area (Å²) in [5.41, 5.74) is 4.69. The van der Waals surface area contributed by atoms with Gasteiger partial charge in [-0.15, -0.1) is 0 Å². The Morgan fingerprint density at radius 3 is 2.56 bits per heavy atom. The zero-order valence-electron chi connectivity index (χ0n) is 13.3. The molecule has 8 heteroatoms. The molecule has 0 aliphatic carbocycles. The number of amides is 1. The van der Waals surface area contributed by atoms with Crippen molar-refractivity contribution >= 4 is 33.9 Å². The Morgan fingerprint density at radius 2 is 1.96 bits per heavy atom. The quantitative estimate of drug-likeness (QED) is 0.567. The maximum absolute atomic E-state index is 12.9. The van der Waals surface area contributed by atoms with Crippen molar-refractivity contribution in [2.75, 3.05) is 14.2 Å². The molecule has 1 aromatic carbocycles. The molecule has 0 saturated carbocycles. The summed E-state index contributed by atoms with van der Waals surface area (Å²) < 4.78 is 21.6. The molecule has 2 N–H and O–H groups in total. The van der Waals surface area contributed by atoms with Crippen LogP contribution in [0.2, 0.25) is 0 Å². The second kappa shape index (κ2) is 6.05. The van der Waals surface area contributed by atoms with Gasteiger partial charge in [-0.25, -0.2) is 0 Å². The van der Waals surface area contributed by atoms with Gasteiger partial charge in [0.1, 0.15) is 29.0 Å². The number of fused-ring (bicyclic) bond motifs is 2. The molecule has 8 nitrogen and oxygen atoms in total. The van der Waals surface area contributed by atoms with Gasteiger partial charge in [-0.05, 0) is 12.1 Å². The van der Waals surface area contributed by atoms with E-state index in [1.165, 1.54) is 20.5 Å². The summed E-state index contributed by atoms with van der Waals surface area (Å²) in [5.74, 6) is -0.475. The maximum atomic E-state index is 12.9. The van der Waals surface area contributed by atoms with Crippen LogP contribution in [-0.2, 0) is 4.79 Å². The monoisotopic (exact) mass is 340 g/mol. The predicted octanol–water partition coefficient (Wildman–Crippen LogP) is 1.95. The Morgan fingerprint density at radius 1 is 1.24 bits per heavy atom. The number of rotatable bonds is 4. The highest BCUT2D eigenvalue weighted by atomic mass is 16.5. The minimum Gasteiger partial charge on any atom is -0.495 e. The molecule has 126 valence electrons. The molecule has 3 aromatic rings. The van der Waals surface area contributed by atoms with Crippen LogP contribution in [-0.4, -0.2) is 20.1 Å². The number of nitrogens with two attached hydrogens (primary N) is 1. The van der Waals surface area contributed by atoms with Gasteiger partial charge < -0.3 is 24.0 Å². The molecular formula is C17H12N2O6. The van der Waals surface area contributed by atoms with Crippen LogP contribution in [0.15, 0.2) is 37.8 Å². The van der Waals surface area contributed by atoms with Crippen LogP contribution in [0.25, 0.3) is 28.0 Å². The van der Waals surface area contributed by atoms with Gasteiger partial charge in [0.15, 0.2) is 11.2 Å². The first-order valence-corrected chi connectivity index (χ1v) is 7.01. The molecule has 0 radical (unpaired) electrons. The SMILES string of the molecule is COc1c2occc2c(OC)c2c(=O)c(C=C(C#N)C(N)=O)coc12. The van der Waals surface area contributed by atoms with Gasteiger partial charge in [-0.1, -0.05) is 0 Å². The topological polar surface area (TPSA) is 129 Å². The molecule has 25 heavy (non-hydrogen) atoms. The number of hydrogen-bond acceptors (Lipinski definition) is 7. The van der Waals surface area contributed by atoms with E-state index in [1.54, 1.807) is 12.1 Å². The fourth-order valence-corrected chi connectivity index (χ4v) is 2.57. The van der Waals surface area contributed by atoms with Gasteiger partial charge in [0.25, 0.3) is 5.91 Å². The number of methoxy groups -OCH3 is 2. The van der Waals surface area contributed by atoms with Crippen molar-refractivity contribution in [2.24, 2.45) is 5.73 Å². The van der Waals surface area contributed by atoms with E-state index in [4.69, 9.17) is 29.3 Å². The van der Waals surface area contributed by atoms with Crippen molar-refractivity contribution in [1.29, 1.82) is 5.26 Å². The summed E-state index contributed by atoms with van der Waals surface area (Å²) in [6, 6.07) is 3.26. The molecule has 2 heterocycles. The molecule has 3 rings (SSSR count). The minimum atomic E-state index is -0.947. The van der Waals surface area contributed by atoms with Crippen LogP contribution in [0.5, 0.6) is 11.5 Å². The third-order valence-corrected chi connectivity index (χ3v) is 3.66. The highest BCUT2D eigenvalue weighted by molar-refractivity contribution is 6.07. The number of nitrogens with zero attached hydrogens (tertiary/aromatic N) is 1. The van der Waals surface area contributed by atoms with E-state index < -0.39 is 11.3 Å². The average Bonchev–Trinajstić information content (AvgIpc) is 3.08. The van der Waals surface area contributed by atoms with Crippen molar-refractivity contribution in [2.45, 2.75) is 0 Å². The molecule has 2 aromatic heterocycles. The first kappa shape index (κ1) is 16.1. The lowest BCUT2D eigenvalue weighted by atomic mass is 10.1. The van der Waals surface area contributed by atoms with Crippen LogP contribution in [0, 0.1) is 11.3 Å². The summed E-state index contributed by atoms with van der Waals surface area (Å²) in [4.78, 5) is 24.1. The fraction of sp³-hybridized carbons (Fsp3) is 0.118. The lowest BCUT2D eigenvalue weighted by Gasteiger charge is -2.10. The molecule has 0 unspecified atom stereocenters. The Hall–Kier alpha value is -3.73. The number of carbonyl (C=O) groups is 1. The maximum Gasteiger partial charge on any atom is 0.259 e. The first-order valence-electron chi connectivity index (χ1n) is 7.01. The summed E-state index contributed by atoms with van der Waals surface area (Å²) in [7, 11) is 2.82. The second-order valence-electron chi connectivity index (χ2n) is 4.99. The highest BCUT2D eigenvalue weighted by Gasteiger charge is 2.23. The molecule has 1 amide bonds. The van der Waals surface area contributed by atoms with Crippen molar-refractivity contribution in [3.8, 4) is 17.6 Å². The average molecular weight is 340 g/mol. The highest BCUT2D eigenvalue weighted by Crippen LogP contribution is 2.41. The van der Waals surface area contributed by atoms with Crippen molar-refractivity contribution in [1.82, 2.24) is 0 Å². The number of nitriles is 1. The van der Waals surface area contributed by atoms with Crippen LogP contribution in [0.1, 0.15) is 5.56 Å². The van der Waals surface area contributed by atoms with Gasteiger partial charge in [-0.3, -0.25) is 9.59 Å². The van der Waals surface area contributed by atoms with Gasteiger partial charge in [0.05, 0.1) is 31.4 Å².